The van der Waals surface area contributed by atoms with Crippen LogP contribution >= 0.6 is 11.8 Å². The zero-order chi connectivity index (χ0) is 12.8. The molecule has 0 bridgehead atoms. The van der Waals surface area contributed by atoms with Crippen LogP contribution < -0.4 is 5.32 Å². The van der Waals surface area contributed by atoms with Gasteiger partial charge in [-0.05, 0) is 24.3 Å². The number of pyridine rings is 1. The molecule has 2 rings (SSSR count). The Morgan fingerprint density at radius 1 is 1.28 bits per heavy atom. The number of nitrogens with one attached hydrogen (secondary N) is 1. The summed E-state index contributed by atoms with van der Waals surface area (Å²) in [5.41, 5.74) is 2.40. The van der Waals surface area contributed by atoms with Gasteiger partial charge in [-0.3, -0.25) is 4.98 Å². The molecule has 1 heterocycles. The van der Waals surface area contributed by atoms with Gasteiger partial charge in [-0.1, -0.05) is 31.2 Å². The van der Waals surface area contributed by atoms with Gasteiger partial charge in [0, 0.05) is 29.9 Å². The molecular weight excluding hydrogens is 240 g/mol. The first kappa shape index (κ1) is 13.4. The molecule has 0 saturated carbocycles. The van der Waals surface area contributed by atoms with Crippen molar-refractivity contribution in [2.24, 2.45) is 0 Å². The zero-order valence-corrected chi connectivity index (χ0v) is 11.8. The Balaban J connectivity index is 2.11. The first-order chi connectivity index (χ1) is 8.85. The predicted octanol–water partition coefficient (Wildman–Crippen LogP) is 3.47. The highest BCUT2D eigenvalue weighted by molar-refractivity contribution is 7.98. The highest BCUT2D eigenvalue weighted by atomic mass is 32.2. The quantitative estimate of drug-likeness (QED) is 0.861. The minimum atomic E-state index is 0.582. The van der Waals surface area contributed by atoms with Crippen LogP contribution in [0.2, 0.25) is 0 Å². The molecule has 1 unspecified atom stereocenters. The number of aromatic nitrogens is 1. The van der Waals surface area contributed by atoms with Crippen molar-refractivity contribution in [2.75, 3.05) is 12.0 Å². The highest BCUT2D eigenvalue weighted by Gasteiger charge is 2.06. The number of thioether (sulfide) groups is 1. The van der Waals surface area contributed by atoms with E-state index in [-0.39, 0.29) is 0 Å². The van der Waals surface area contributed by atoms with Crippen LogP contribution in [-0.4, -0.2) is 23.0 Å². The number of nitrogens with zero attached hydrogens (tertiary/aromatic N) is 1. The first-order valence-corrected chi connectivity index (χ1v) is 7.79. The molecular formula is C15H20N2S. The second-order valence-corrected chi connectivity index (χ2v) is 5.34. The minimum Gasteiger partial charge on any atom is -0.309 e. The highest BCUT2D eigenvalue weighted by Crippen LogP contribution is 2.16. The summed E-state index contributed by atoms with van der Waals surface area (Å²) >= 11 is 1.89. The Kier molecular flexibility index (Phi) is 5.02. The van der Waals surface area contributed by atoms with Crippen molar-refractivity contribution in [1.29, 1.82) is 0 Å². The second kappa shape index (κ2) is 6.76. The van der Waals surface area contributed by atoms with Crippen LogP contribution in [0.3, 0.4) is 0 Å². The molecule has 2 aromatic rings. The molecule has 0 saturated heterocycles. The van der Waals surface area contributed by atoms with E-state index in [2.05, 4.69) is 47.7 Å². The molecule has 1 atom stereocenters. The molecule has 0 aliphatic heterocycles. The molecule has 96 valence electrons. The van der Waals surface area contributed by atoms with E-state index in [4.69, 9.17) is 0 Å². The van der Waals surface area contributed by atoms with Gasteiger partial charge in [-0.25, -0.2) is 0 Å². The van der Waals surface area contributed by atoms with Crippen LogP contribution in [0, 0.1) is 0 Å². The summed E-state index contributed by atoms with van der Waals surface area (Å²) in [5, 5.41) is 4.84. The van der Waals surface area contributed by atoms with Crippen LogP contribution in [0.15, 0.2) is 36.5 Å². The Hall–Kier alpha value is -1.06. The van der Waals surface area contributed by atoms with Crippen molar-refractivity contribution in [3.05, 3.63) is 42.1 Å². The smallest absolute Gasteiger partial charge is 0.0746 e. The standard InChI is InChI=1S/C15H20N2S/c1-3-14(11-18-2)17-10-13-7-4-6-12-8-5-9-16-15(12)13/h4-9,14,17H,3,10-11H2,1-2H3. The molecule has 0 amide bonds. The van der Waals surface area contributed by atoms with Crippen molar-refractivity contribution in [1.82, 2.24) is 10.3 Å². The lowest BCUT2D eigenvalue weighted by Crippen LogP contribution is -2.30. The maximum Gasteiger partial charge on any atom is 0.0746 e. The SMILES string of the molecule is CCC(CSC)NCc1cccc2cccnc12. The van der Waals surface area contributed by atoms with Crippen molar-refractivity contribution in [2.45, 2.75) is 25.9 Å². The molecule has 2 nitrogen and oxygen atoms in total. The Labute approximate surface area is 113 Å². The normalized spacial score (nSPS) is 12.8. The van der Waals surface area contributed by atoms with Crippen LogP contribution in [0.5, 0.6) is 0 Å². The van der Waals surface area contributed by atoms with Crippen LogP contribution in [-0.2, 0) is 6.54 Å². The monoisotopic (exact) mass is 260 g/mol. The van der Waals surface area contributed by atoms with Crippen molar-refractivity contribution >= 4 is 22.7 Å². The van der Waals surface area contributed by atoms with E-state index in [0.717, 1.165) is 17.8 Å². The summed E-state index contributed by atoms with van der Waals surface area (Å²) in [7, 11) is 0. The topological polar surface area (TPSA) is 24.9 Å². The van der Waals surface area contributed by atoms with Gasteiger partial charge in [0.1, 0.15) is 0 Å². The first-order valence-electron chi connectivity index (χ1n) is 6.40. The average molecular weight is 260 g/mol. The van der Waals surface area contributed by atoms with E-state index >= 15 is 0 Å². The molecule has 1 aromatic carbocycles. The Bertz CT molecular complexity index is 493. The van der Waals surface area contributed by atoms with E-state index in [1.807, 2.05) is 24.0 Å². The van der Waals surface area contributed by atoms with Gasteiger partial charge >= 0.3 is 0 Å². The molecule has 0 aliphatic rings. The molecule has 0 spiro atoms. The number of fused-ring (bicyclic) bond motifs is 1. The fourth-order valence-electron chi connectivity index (χ4n) is 2.09. The lowest BCUT2D eigenvalue weighted by molar-refractivity contribution is 0.542. The fraction of sp³-hybridized carbons (Fsp3) is 0.400. The van der Waals surface area contributed by atoms with E-state index < -0.39 is 0 Å². The van der Waals surface area contributed by atoms with Crippen LogP contribution in [0.1, 0.15) is 18.9 Å². The third-order valence-electron chi connectivity index (χ3n) is 3.16. The maximum atomic E-state index is 4.49. The zero-order valence-electron chi connectivity index (χ0n) is 11.0. The molecule has 3 heteroatoms. The summed E-state index contributed by atoms with van der Waals surface area (Å²) in [5.74, 6) is 1.16. The van der Waals surface area contributed by atoms with E-state index in [0.29, 0.717) is 6.04 Å². The van der Waals surface area contributed by atoms with Crippen LogP contribution in [0.25, 0.3) is 10.9 Å². The fourth-order valence-corrected chi connectivity index (χ4v) is 2.84. The van der Waals surface area contributed by atoms with E-state index in [1.165, 1.54) is 17.4 Å². The molecule has 1 aromatic heterocycles. The lowest BCUT2D eigenvalue weighted by Gasteiger charge is -2.16. The summed E-state index contributed by atoms with van der Waals surface area (Å²) in [6, 6.07) is 11.1. The largest absolute Gasteiger partial charge is 0.309 e. The lowest BCUT2D eigenvalue weighted by atomic mass is 10.1. The maximum absolute atomic E-state index is 4.49. The van der Waals surface area contributed by atoms with E-state index in [9.17, 15) is 0 Å². The summed E-state index contributed by atoms with van der Waals surface area (Å²) in [6.45, 7) is 3.13. The predicted molar refractivity (Wildman–Crippen MR) is 81.0 cm³/mol. The number of rotatable bonds is 6. The third-order valence-corrected chi connectivity index (χ3v) is 3.89. The van der Waals surface area contributed by atoms with Crippen LogP contribution in [0.4, 0.5) is 0 Å². The van der Waals surface area contributed by atoms with E-state index in [1.54, 1.807) is 0 Å². The average Bonchev–Trinajstić information content (AvgIpc) is 2.43. The van der Waals surface area contributed by atoms with Gasteiger partial charge in [-0.2, -0.15) is 11.8 Å². The van der Waals surface area contributed by atoms with Gasteiger partial charge < -0.3 is 5.32 Å². The number of para-hydroxylation sites is 1. The molecule has 0 radical (unpaired) electrons. The molecule has 1 N–H and O–H groups in total. The Morgan fingerprint density at radius 2 is 2.11 bits per heavy atom. The van der Waals surface area contributed by atoms with Crippen molar-refractivity contribution in [3.8, 4) is 0 Å². The third kappa shape index (κ3) is 3.24. The van der Waals surface area contributed by atoms with Gasteiger partial charge in [0.15, 0.2) is 0 Å². The molecule has 0 fully saturated rings. The minimum absolute atomic E-state index is 0.582. The van der Waals surface area contributed by atoms with Gasteiger partial charge in [-0.15, -0.1) is 0 Å². The van der Waals surface area contributed by atoms with Gasteiger partial charge in [0.25, 0.3) is 0 Å². The summed E-state index contributed by atoms with van der Waals surface area (Å²) < 4.78 is 0. The number of hydrogen-bond donors (Lipinski definition) is 1. The number of benzene rings is 1. The summed E-state index contributed by atoms with van der Waals surface area (Å²) in [4.78, 5) is 4.49. The van der Waals surface area contributed by atoms with Crippen molar-refractivity contribution in [3.63, 3.8) is 0 Å². The summed E-state index contributed by atoms with van der Waals surface area (Å²) in [6.07, 6.45) is 5.19. The molecule has 0 aliphatic carbocycles. The second-order valence-electron chi connectivity index (χ2n) is 4.43. The Morgan fingerprint density at radius 3 is 2.89 bits per heavy atom. The van der Waals surface area contributed by atoms with Gasteiger partial charge in [0.05, 0.1) is 5.52 Å². The van der Waals surface area contributed by atoms with Gasteiger partial charge in [0.2, 0.25) is 0 Å². The number of hydrogen-bond acceptors (Lipinski definition) is 3. The molecule has 18 heavy (non-hydrogen) atoms. The van der Waals surface area contributed by atoms with Crippen molar-refractivity contribution < 1.29 is 0 Å².